The third-order valence-corrected chi connectivity index (χ3v) is 5.16. The van der Waals surface area contributed by atoms with Crippen LogP contribution in [-0.2, 0) is 16.2 Å². The Balaban J connectivity index is 1.66. The van der Waals surface area contributed by atoms with Crippen molar-refractivity contribution < 1.29 is 24.3 Å². The molecular weight excluding hydrogens is 453 g/mol. The number of carboxylic acids is 1. The van der Waals surface area contributed by atoms with Crippen LogP contribution < -0.4 is 4.74 Å². The van der Waals surface area contributed by atoms with Crippen LogP contribution in [0.15, 0.2) is 77.5 Å². The summed E-state index contributed by atoms with van der Waals surface area (Å²) >= 11 is 12.6. The van der Waals surface area contributed by atoms with Crippen molar-refractivity contribution in [1.29, 1.82) is 0 Å². The Labute approximate surface area is 193 Å². The van der Waals surface area contributed by atoms with Gasteiger partial charge in [0, 0.05) is 16.1 Å². The first-order valence-corrected chi connectivity index (χ1v) is 10.2. The zero-order chi connectivity index (χ0) is 22.7. The molecule has 1 aliphatic heterocycles. The zero-order valence-corrected chi connectivity index (χ0v) is 17.9. The molecule has 0 fully saturated rings. The molecule has 0 amide bonds. The SMILES string of the molecule is O=C1ON=C(c2ccccc2)/C1=C/c1cc(Cl)cc(Cl)c1OCc1ccc(C(=O)O)cc1. The van der Waals surface area contributed by atoms with Crippen molar-refractivity contribution in [3.63, 3.8) is 0 Å². The van der Waals surface area contributed by atoms with Gasteiger partial charge in [-0.05, 0) is 35.9 Å². The molecule has 8 heteroatoms. The Bertz CT molecular complexity index is 1250. The van der Waals surface area contributed by atoms with Crippen LogP contribution in [0.2, 0.25) is 10.0 Å². The highest BCUT2D eigenvalue weighted by Gasteiger charge is 2.27. The number of halogens is 2. The highest BCUT2D eigenvalue weighted by atomic mass is 35.5. The Kier molecular flexibility index (Phi) is 6.25. The second-order valence-electron chi connectivity index (χ2n) is 6.84. The maximum Gasteiger partial charge on any atom is 0.368 e. The quantitative estimate of drug-likeness (QED) is 0.375. The molecule has 0 bridgehead atoms. The monoisotopic (exact) mass is 467 g/mol. The van der Waals surface area contributed by atoms with E-state index in [1.54, 1.807) is 24.3 Å². The Morgan fingerprint density at radius 1 is 1.06 bits per heavy atom. The number of carbonyl (C=O) groups excluding carboxylic acids is 1. The molecule has 0 unspecified atom stereocenters. The maximum atomic E-state index is 12.3. The summed E-state index contributed by atoms with van der Waals surface area (Å²) in [6, 6.07) is 18.6. The van der Waals surface area contributed by atoms with E-state index < -0.39 is 11.9 Å². The van der Waals surface area contributed by atoms with Crippen molar-refractivity contribution in [2.75, 3.05) is 0 Å². The van der Waals surface area contributed by atoms with E-state index in [4.69, 9.17) is 37.9 Å². The third kappa shape index (κ3) is 4.66. The Morgan fingerprint density at radius 2 is 1.78 bits per heavy atom. The molecule has 1 aliphatic rings. The molecule has 0 atom stereocenters. The summed E-state index contributed by atoms with van der Waals surface area (Å²) in [5, 5.41) is 13.6. The number of hydrogen-bond acceptors (Lipinski definition) is 5. The average Bonchev–Trinajstić information content (AvgIpc) is 3.14. The van der Waals surface area contributed by atoms with Gasteiger partial charge in [-0.15, -0.1) is 0 Å². The zero-order valence-electron chi connectivity index (χ0n) is 16.4. The second-order valence-corrected chi connectivity index (χ2v) is 7.68. The first-order valence-electron chi connectivity index (χ1n) is 9.43. The molecule has 0 radical (unpaired) electrons. The molecule has 4 rings (SSSR count). The normalized spacial score (nSPS) is 14.2. The van der Waals surface area contributed by atoms with E-state index in [0.717, 1.165) is 11.1 Å². The standard InChI is InChI=1S/C24H15Cl2NO5/c25-18-10-17(11-19-21(27-32-24(19)30)15-4-2-1-3-5-15)22(20(26)12-18)31-13-14-6-8-16(9-7-14)23(28)29/h1-12H,13H2,(H,28,29)/b19-11-. The van der Waals surface area contributed by atoms with E-state index in [2.05, 4.69) is 5.16 Å². The summed E-state index contributed by atoms with van der Waals surface area (Å²) in [6.45, 7) is 0.126. The van der Waals surface area contributed by atoms with Gasteiger partial charge in [-0.25, -0.2) is 9.59 Å². The summed E-state index contributed by atoms with van der Waals surface area (Å²) in [7, 11) is 0. The summed E-state index contributed by atoms with van der Waals surface area (Å²) < 4.78 is 5.92. The Hall–Kier alpha value is -3.61. The number of carboxylic acid groups (broad SMARTS) is 1. The van der Waals surface area contributed by atoms with E-state index in [1.165, 1.54) is 18.2 Å². The summed E-state index contributed by atoms with van der Waals surface area (Å²) in [4.78, 5) is 28.3. The fourth-order valence-electron chi connectivity index (χ4n) is 3.11. The number of hydrogen-bond donors (Lipinski definition) is 1. The minimum absolute atomic E-state index is 0.126. The van der Waals surface area contributed by atoms with Gasteiger partial charge in [0.05, 0.1) is 16.2 Å². The summed E-state index contributed by atoms with van der Waals surface area (Å²) in [6.07, 6.45) is 1.57. The second kappa shape index (κ2) is 9.26. The molecule has 0 saturated carbocycles. The van der Waals surface area contributed by atoms with Crippen LogP contribution in [0.5, 0.6) is 5.75 Å². The lowest BCUT2D eigenvalue weighted by Gasteiger charge is -2.13. The number of carbonyl (C=O) groups is 2. The summed E-state index contributed by atoms with van der Waals surface area (Å²) in [5.41, 5.74) is 2.75. The van der Waals surface area contributed by atoms with Gasteiger partial charge in [0.1, 0.15) is 18.1 Å². The molecule has 32 heavy (non-hydrogen) atoms. The molecule has 0 saturated heterocycles. The molecule has 1 N–H and O–H groups in total. The molecular formula is C24H15Cl2NO5. The third-order valence-electron chi connectivity index (χ3n) is 4.66. The first-order chi connectivity index (χ1) is 15.4. The number of nitrogens with zero attached hydrogens (tertiary/aromatic N) is 1. The number of oxime groups is 1. The smallest absolute Gasteiger partial charge is 0.368 e. The van der Waals surface area contributed by atoms with Crippen molar-refractivity contribution in [2.45, 2.75) is 6.61 Å². The molecule has 0 aromatic heterocycles. The van der Waals surface area contributed by atoms with Gasteiger partial charge in [0.2, 0.25) is 0 Å². The molecule has 0 aliphatic carbocycles. The van der Waals surface area contributed by atoms with Gasteiger partial charge in [-0.3, -0.25) is 0 Å². The predicted octanol–water partition coefficient (Wildman–Crippen LogP) is 5.62. The van der Waals surface area contributed by atoms with Crippen molar-refractivity contribution in [3.05, 3.63) is 105 Å². The number of ether oxygens (including phenoxy) is 1. The molecule has 1 heterocycles. The average molecular weight is 468 g/mol. The summed E-state index contributed by atoms with van der Waals surface area (Å²) in [5.74, 6) is -1.29. The van der Waals surface area contributed by atoms with Gasteiger partial charge in [-0.1, -0.05) is 70.8 Å². The van der Waals surface area contributed by atoms with Crippen molar-refractivity contribution >= 4 is 46.9 Å². The van der Waals surface area contributed by atoms with E-state index in [9.17, 15) is 9.59 Å². The van der Waals surface area contributed by atoms with Crippen LogP contribution in [0, 0.1) is 0 Å². The first kappa shape index (κ1) is 21.6. The minimum Gasteiger partial charge on any atom is -0.487 e. The van der Waals surface area contributed by atoms with Gasteiger partial charge < -0.3 is 14.7 Å². The molecule has 3 aromatic rings. The fraction of sp³-hybridized carbons (Fsp3) is 0.0417. The lowest BCUT2D eigenvalue weighted by Crippen LogP contribution is -2.07. The maximum absolute atomic E-state index is 12.3. The largest absolute Gasteiger partial charge is 0.487 e. The van der Waals surface area contributed by atoms with Crippen molar-refractivity contribution in [1.82, 2.24) is 0 Å². The van der Waals surface area contributed by atoms with E-state index in [-0.39, 0.29) is 22.8 Å². The highest BCUT2D eigenvalue weighted by molar-refractivity contribution is 6.36. The number of benzene rings is 3. The predicted molar refractivity (Wildman–Crippen MR) is 121 cm³/mol. The molecule has 6 nitrogen and oxygen atoms in total. The number of aromatic carboxylic acids is 1. The van der Waals surface area contributed by atoms with Crippen molar-refractivity contribution in [2.24, 2.45) is 5.16 Å². The van der Waals surface area contributed by atoms with Crippen molar-refractivity contribution in [3.8, 4) is 5.75 Å². The van der Waals surface area contributed by atoms with Gasteiger partial charge in [-0.2, -0.15) is 0 Å². The van der Waals surface area contributed by atoms with Gasteiger partial charge in [0.25, 0.3) is 0 Å². The van der Waals surface area contributed by atoms with Crippen LogP contribution in [0.3, 0.4) is 0 Å². The van der Waals surface area contributed by atoms with E-state index >= 15 is 0 Å². The van der Waals surface area contributed by atoms with Crippen LogP contribution in [0.25, 0.3) is 6.08 Å². The lowest BCUT2D eigenvalue weighted by molar-refractivity contribution is -0.136. The molecule has 160 valence electrons. The Morgan fingerprint density at radius 3 is 2.47 bits per heavy atom. The van der Waals surface area contributed by atoms with E-state index in [1.807, 2.05) is 30.3 Å². The minimum atomic E-state index is -1.01. The highest BCUT2D eigenvalue weighted by Crippen LogP contribution is 2.35. The van der Waals surface area contributed by atoms with Crippen LogP contribution >= 0.6 is 23.2 Å². The van der Waals surface area contributed by atoms with Gasteiger partial charge in [0.15, 0.2) is 0 Å². The van der Waals surface area contributed by atoms with Crippen LogP contribution in [0.1, 0.15) is 27.0 Å². The number of rotatable bonds is 6. The van der Waals surface area contributed by atoms with Gasteiger partial charge >= 0.3 is 11.9 Å². The van der Waals surface area contributed by atoms with E-state index in [0.29, 0.717) is 22.0 Å². The lowest BCUT2D eigenvalue weighted by atomic mass is 10.0. The topological polar surface area (TPSA) is 85.2 Å². The fourth-order valence-corrected chi connectivity index (χ4v) is 3.67. The molecule has 0 spiro atoms. The van der Waals surface area contributed by atoms with Crippen LogP contribution in [-0.4, -0.2) is 22.8 Å². The van der Waals surface area contributed by atoms with Crippen LogP contribution in [0.4, 0.5) is 0 Å². The molecule has 3 aromatic carbocycles.